The van der Waals surface area contributed by atoms with Crippen LogP contribution in [0.3, 0.4) is 0 Å². The van der Waals surface area contributed by atoms with E-state index < -0.39 is 11.7 Å². The Hall–Kier alpha value is -1.56. The summed E-state index contributed by atoms with van der Waals surface area (Å²) in [5.74, 6) is 0.590. The molecular weight excluding hydrogens is 269 g/mol. The second-order valence-corrected chi connectivity index (χ2v) is 4.78. The Morgan fingerprint density at radius 3 is 2.55 bits per heavy atom. The van der Waals surface area contributed by atoms with E-state index >= 15 is 0 Å². The van der Waals surface area contributed by atoms with Crippen molar-refractivity contribution in [1.29, 1.82) is 0 Å². The third-order valence-corrected chi connectivity index (χ3v) is 3.14. The molecule has 1 aromatic rings. The average Bonchev–Trinajstić information content (AvgIpc) is 2.83. The maximum absolute atomic E-state index is 12.4. The molecule has 2 rings (SSSR count). The summed E-state index contributed by atoms with van der Waals surface area (Å²) in [4.78, 5) is 4.27. The van der Waals surface area contributed by atoms with Crippen molar-refractivity contribution in [3.05, 3.63) is 35.4 Å². The van der Waals surface area contributed by atoms with Crippen molar-refractivity contribution in [3.63, 3.8) is 0 Å². The summed E-state index contributed by atoms with van der Waals surface area (Å²) in [6.07, 6.45) is -2.07. The first-order valence-corrected chi connectivity index (χ1v) is 6.55. The molecule has 1 heterocycles. The van der Waals surface area contributed by atoms with Crippen LogP contribution in [0.2, 0.25) is 0 Å². The van der Waals surface area contributed by atoms with Crippen molar-refractivity contribution in [3.8, 4) is 0 Å². The molecule has 0 spiro atoms. The maximum Gasteiger partial charge on any atom is 0.416 e. The molecule has 1 aliphatic rings. The highest BCUT2D eigenvalue weighted by Gasteiger charge is 2.30. The van der Waals surface area contributed by atoms with Crippen LogP contribution in [-0.4, -0.2) is 25.1 Å². The van der Waals surface area contributed by atoms with Gasteiger partial charge in [0.05, 0.1) is 12.1 Å². The van der Waals surface area contributed by atoms with Gasteiger partial charge in [0.15, 0.2) is 5.90 Å². The number of benzene rings is 1. The number of aliphatic imine (C=N–C) groups is 1. The third kappa shape index (κ3) is 3.96. The number of halogens is 3. The lowest BCUT2D eigenvalue weighted by Crippen LogP contribution is -2.16. The van der Waals surface area contributed by atoms with Gasteiger partial charge in [-0.05, 0) is 37.1 Å². The van der Waals surface area contributed by atoms with E-state index in [-0.39, 0.29) is 6.10 Å². The molecule has 110 valence electrons. The summed E-state index contributed by atoms with van der Waals surface area (Å²) in [6.45, 7) is 1.23. The molecule has 0 saturated heterocycles. The number of hydrogen-bond donors (Lipinski definition) is 1. The average molecular weight is 286 g/mol. The molecule has 1 atom stereocenters. The molecule has 6 heteroatoms. The summed E-state index contributed by atoms with van der Waals surface area (Å²) < 4.78 is 42.9. The Labute approximate surface area is 115 Å². The Kier molecular flexibility index (Phi) is 4.65. The van der Waals surface area contributed by atoms with Crippen molar-refractivity contribution >= 4 is 5.90 Å². The maximum atomic E-state index is 12.4. The van der Waals surface area contributed by atoms with E-state index in [9.17, 15) is 13.2 Å². The lowest BCUT2D eigenvalue weighted by Gasteiger charge is -2.11. The molecule has 0 fully saturated rings. The van der Waals surface area contributed by atoms with Gasteiger partial charge in [-0.3, -0.25) is 4.99 Å². The van der Waals surface area contributed by atoms with Crippen LogP contribution in [0.5, 0.6) is 0 Å². The van der Waals surface area contributed by atoms with Gasteiger partial charge in [0, 0.05) is 6.42 Å². The lowest BCUT2D eigenvalue weighted by molar-refractivity contribution is -0.137. The fourth-order valence-electron chi connectivity index (χ4n) is 2.05. The van der Waals surface area contributed by atoms with Gasteiger partial charge in [-0.15, -0.1) is 0 Å². The molecule has 0 saturated carbocycles. The number of nitrogens with two attached hydrogens (primary N) is 1. The Bertz CT molecular complexity index is 468. The van der Waals surface area contributed by atoms with E-state index in [1.54, 1.807) is 0 Å². The molecule has 0 radical (unpaired) electrons. The predicted octanol–water partition coefficient (Wildman–Crippen LogP) is 2.78. The number of rotatable bonds is 5. The second kappa shape index (κ2) is 6.26. The summed E-state index contributed by atoms with van der Waals surface area (Å²) in [5, 5.41) is 0. The molecule has 0 amide bonds. The zero-order valence-corrected chi connectivity index (χ0v) is 11.0. The molecule has 0 aliphatic carbocycles. The highest BCUT2D eigenvalue weighted by atomic mass is 19.4. The standard InChI is InChI=1S/C14H17F3N2O/c15-14(16,17)11-5-3-10(4-6-11)8-13-19-9-12(20-13)2-1-7-18/h3-6,12H,1-2,7-9,18H2. The Balaban J connectivity index is 1.89. The number of ether oxygens (including phenoxy) is 1. The van der Waals surface area contributed by atoms with Gasteiger partial charge in [0.25, 0.3) is 0 Å². The van der Waals surface area contributed by atoms with Crippen molar-refractivity contribution in [2.75, 3.05) is 13.1 Å². The quantitative estimate of drug-likeness (QED) is 0.904. The summed E-state index contributed by atoms with van der Waals surface area (Å²) in [7, 11) is 0. The van der Waals surface area contributed by atoms with Gasteiger partial charge in [0.2, 0.25) is 0 Å². The molecular formula is C14H17F3N2O. The summed E-state index contributed by atoms with van der Waals surface area (Å²) in [6, 6.07) is 5.08. The molecule has 0 aromatic heterocycles. The molecule has 20 heavy (non-hydrogen) atoms. The lowest BCUT2D eigenvalue weighted by atomic mass is 10.1. The largest absolute Gasteiger partial charge is 0.475 e. The van der Waals surface area contributed by atoms with Crippen molar-refractivity contribution in [2.24, 2.45) is 10.7 Å². The van der Waals surface area contributed by atoms with Gasteiger partial charge in [0.1, 0.15) is 6.10 Å². The van der Waals surface area contributed by atoms with Gasteiger partial charge >= 0.3 is 6.18 Å². The van der Waals surface area contributed by atoms with Crippen LogP contribution in [0.4, 0.5) is 13.2 Å². The fraction of sp³-hybridized carbons (Fsp3) is 0.500. The van der Waals surface area contributed by atoms with Crippen LogP contribution < -0.4 is 5.73 Å². The molecule has 1 aliphatic heterocycles. The van der Waals surface area contributed by atoms with Gasteiger partial charge in [-0.2, -0.15) is 13.2 Å². The normalized spacial score (nSPS) is 18.8. The number of nitrogens with zero attached hydrogens (tertiary/aromatic N) is 1. The van der Waals surface area contributed by atoms with Gasteiger partial charge < -0.3 is 10.5 Å². The van der Waals surface area contributed by atoms with Crippen molar-refractivity contribution in [2.45, 2.75) is 31.5 Å². The van der Waals surface area contributed by atoms with Crippen LogP contribution in [0, 0.1) is 0 Å². The zero-order chi connectivity index (χ0) is 14.6. The minimum absolute atomic E-state index is 0.0583. The van der Waals surface area contributed by atoms with E-state index in [0.717, 1.165) is 30.5 Å². The fourth-order valence-corrected chi connectivity index (χ4v) is 2.05. The molecule has 1 aromatic carbocycles. The topological polar surface area (TPSA) is 47.6 Å². The predicted molar refractivity (Wildman–Crippen MR) is 70.6 cm³/mol. The van der Waals surface area contributed by atoms with Crippen LogP contribution in [0.15, 0.2) is 29.3 Å². The number of hydrogen-bond acceptors (Lipinski definition) is 3. The third-order valence-electron chi connectivity index (χ3n) is 3.14. The first-order chi connectivity index (χ1) is 9.49. The molecule has 3 nitrogen and oxygen atoms in total. The van der Waals surface area contributed by atoms with E-state index in [0.29, 0.717) is 25.4 Å². The van der Waals surface area contributed by atoms with Crippen molar-refractivity contribution in [1.82, 2.24) is 0 Å². The van der Waals surface area contributed by atoms with Crippen LogP contribution in [-0.2, 0) is 17.3 Å². The highest BCUT2D eigenvalue weighted by Crippen LogP contribution is 2.29. The number of alkyl halides is 3. The second-order valence-electron chi connectivity index (χ2n) is 4.78. The highest BCUT2D eigenvalue weighted by molar-refractivity contribution is 5.80. The van der Waals surface area contributed by atoms with E-state index in [1.165, 1.54) is 12.1 Å². The van der Waals surface area contributed by atoms with Crippen LogP contribution in [0.25, 0.3) is 0 Å². The monoisotopic (exact) mass is 286 g/mol. The SMILES string of the molecule is NCCCC1CN=C(Cc2ccc(C(F)(F)F)cc2)O1. The minimum Gasteiger partial charge on any atom is -0.475 e. The smallest absolute Gasteiger partial charge is 0.416 e. The molecule has 0 bridgehead atoms. The summed E-state index contributed by atoms with van der Waals surface area (Å²) >= 11 is 0. The first kappa shape index (κ1) is 14.8. The first-order valence-electron chi connectivity index (χ1n) is 6.55. The van der Waals surface area contributed by atoms with E-state index in [2.05, 4.69) is 4.99 Å². The Morgan fingerprint density at radius 2 is 1.95 bits per heavy atom. The zero-order valence-electron chi connectivity index (χ0n) is 11.0. The summed E-state index contributed by atoms with van der Waals surface area (Å²) in [5.41, 5.74) is 5.55. The molecule has 1 unspecified atom stereocenters. The van der Waals surface area contributed by atoms with E-state index in [1.807, 2.05) is 0 Å². The van der Waals surface area contributed by atoms with Crippen molar-refractivity contribution < 1.29 is 17.9 Å². The van der Waals surface area contributed by atoms with Gasteiger partial charge in [-0.1, -0.05) is 12.1 Å². The van der Waals surface area contributed by atoms with Crippen LogP contribution >= 0.6 is 0 Å². The van der Waals surface area contributed by atoms with Crippen LogP contribution in [0.1, 0.15) is 24.0 Å². The van der Waals surface area contributed by atoms with E-state index in [4.69, 9.17) is 10.5 Å². The Morgan fingerprint density at radius 1 is 1.25 bits per heavy atom. The minimum atomic E-state index is -4.30. The molecule has 2 N–H and O–H groups in total. The van der Waals surface area contributed by atoms with Gasteiger partial charge in [-0.25, -0.2) is 0 Å².